The first-order chi connectivity index (χ1) is 19.7. The molecular formula is C31H25F3N4O3. The summed E-state index contributed by atoms with van der Waals surface area (Å²) in [6, 6.07) is 14.4. The van der Waals surface area contributed by atoms with Crippen molar-refractivity contribution in [1.29, 1.82) is 0 Å². The maximum Gasteiger partial charge on any atom is 0.254 e. The van der Waals surface area contributed by atoms with Crippen molar-refractivity contribution in [2.45, 2.75) is 18.9 Å². The van der Waals surface area contributed by atoms with Crippen molar-refractivity contribution in [3.8, 4) is 16.9 Å². The molecule has 2 aromatic heterocycles. The van der Waals surface area contributed by atoms with E-state index in [0.717, 1.165) is 11.6 Å². The number of nitrogens with one attached hydrogen (secondary N) is 3. The van der Waals surface area contributed by atoms with Crippen LogP contribution >= 0.6 is 0 Å². The number of benzene rings is 3. The molecule has 7 nitrogen and oxygen atoms in total. The molecule has 4 N–H and O–H groups in total. The number of fused-ring (bicyclic) bond motifs is 1. The predicted octanol–water partition coefficient (Wildman–Crippen LogP) is 5.36. The van der Waals surface area contributed by atoms with Gasteiger partial charge in [0.05, 0.1) is 23.7 Å². The SMILES string of the molecule is CNC(=O)c1cc(-c2cccnc2[C@H](Cc2cc(F)cc(F)c2)NC(=O)Cc2c[nH]c3ccc(O)cc23)ccc1F. The number of rotatable bonds is 8. The van der Waals surface area contributed by atoms with Crippen molar-refractivity contribution in [1.82, 2.24) is 20.6 Å². The number of aromatic nitrogens is 2. The Kier molecular flexibility index (Phi) is 7.73. The van der Waals surface area contributed by atoms with E-state index >= 15 is 0 Å². The van der Waals surface area contributed by atoms with Gasteiger partial charge in [-0.25, -0.2) is 13.2 Å². The molecule has 2 amide bonds. The number of amides is 2. The van der Waals surface area contributed by atoms with Gasteiger partial charge in [0.25, 0.3) is 5.91 Å². The standard InChI is InChI=1S/C31H25F3N4O3/c1-35-31(41)25-12-18(4-6-26(25)34)23-3-2-8-36-30(23)28(11-17-9-20(32)14-21(33)10-17)38-29(40)13-19-16-37-27-7-5-22(39)15-24(19)27/h2-10,12,14-16,28,37,39H,11,13H2,1H3,(H,35,41)(H,38,40)/t28-/m0/s1. The highest BCUT2D eigenvalue weighted by Crippen LogP contribution is 2.31. The number of hydrogen-bond acceptors (Lipinski definition) is 4. The molecule has 0 saturated carbocycles. The van der Waals surface area contributed by atoms with Crippen LogP contribution in [0, 0.1) is 17.5 Å². The molecular weight excluding hydrogens is 533 g/mol. The highest BCUT2D eigenvalue weighted by molar-refractivity contribution is 5.95. The highest BCUT2D eigenvalue weighted by atomic mass is 19.1. The van der Waals surface area contributed by atoms with E-state index in [1.54, 1.807) is 30.5 Å². The summed E-state index contributed by atoms with van der Waals surface area (Å²) in [6.07, 6.45) is 3.11. The maximum atomic E-state index is 14.4. The molecule has 3 aromatic carbocycles. The quantitative estimate of drug-likeness (QED) is 0.206. The van der Waals surface area contributed by atoms with Gasteiger partial charge < -0.3 is 20.7 Å². The summed E-state index contributed by atoms with van der Waals surface area (Å²) in [5.41, 5.74) is 2.81. The summed E-state index contributed by atoms with van der Waals surface area (Å²) < 4.78 is 42.6. The highest BCUT2D eigenvalue weighted by Gasteiger charge is 2.23. The first-order valence-corrected chi connectivity index (χ1v) is 12.7. The number of carbonyl (C=O) groups excluding carboxylic acids is 2. The predicted molar refractivity (Wildman–Crippen MR) is 148 cm³/mol. The smallest absolute Gasteiger partial charge is 0.254 e. The fraction of sp³-hybridized carbons (Fsp3) is 0.129. The number of phenols is 1. The minimum atomic E-state index is -0.855. The summed E-state index contributed by atoms with van der Waals surface area (Å²) in [4.78, 5) is 33.1. The molecule has 208 valence electrons. The Morgan fingerprint density at radius 1 is 1.00 bits per heavy atom. The van der Waals surface area contributed by atoms with E-state index in [0.29, 0.717) is 27.8 Å². The molecule has 0 unspecified atom stereocenters. The third kappa shape index (κ3) is 6.06. The van der Waals surface area contributed by atoms with Crippen molar-refractivity contribution in [3.63, 3.8) is 0 Å². The van der Waals surface area contributed by atoms with Crippen molar-refractivity contribution in [3.05, 3.63) is 119 Å². The van der Waals surface area contributed by atoms with Crippen LogP contribution in [0.15, 0.2) is 79.1 Å². The van der Waals surface area contributed by atoms with E-state index in [-0.39, 0.29) is 29.7 Å². The average Bonchev–Trinajstić information content (AvgIpc) is 3.33. The lowest BCUT2D eigenvalue weighted by atomic mass is 9.94. The number of pyridine rings is 1. The van der Waals surface area contributed by atoms with Crippen LogP contribution in [0.5, 0.6) is 5.75 Å². The minimum absolute atomic E-state index is 0.0113. The lowest BCUT2D eigenvalue weighted by Gasteiger charge is -2.22. The largest absolute Gasteiger partial charge is 0.508 e. The fourth-order valence-corrected chi connectivity index (χ4v) is 4.85. The van der Waals surface area contributed by atoms with Crippen LogP contribution in [0.25, 0.3) is 22.0 Å². The van der Waals surface area contributed by atoms with Gasteiger partial charge in [0.2, 0.25) is 5.91 Å². The summed E-state index contributed by atoms with van der Waals surface area (Å²) in [6.45, 7) is 0. The molecule has 2 heterocycles. The second-order valence-electron chi connectivity index (χ2n) is 9.53. The Morgan fingerprint density at radius 2 is 1.78 bits per heavy atom. The number of halogens is 3. The van der Waals surface area contributed by atoms with Gasteiger partial charge in [0, 0.05) is 42.0 Å². The van der Waals surface area contributed by atoms with Crippen LogP contribution in [-0.4, -0.2) is 33.9 Å². The number of H-pyrrole nitrogens is 1. The van der Waals surface area contributed by atoms with Gasteiger partial charge in [-0.3, -0.25) is 14.6 Å². The molecule has 0 fully saturated rings. The van der Waals surface area contributed by atoms with E-state index < -0.39 is 35.3 Å². The zero-order valence-electron chi connectivity index (χ0n) is 21.8. The van der Waals surface area contributed by atoms with Gasteiger partial charge in [0.15, 0.2) is 0 Å². The first kappa shape index (κ1) is 27.4. The zero-order valence-corrected chi connectivity index (χ0v) is 21.8. The third-order valence-electron chi connectivity index (χ3n) is 6.72. The van der Waals surface area contributed by atoms with Crippen LogP contribution < -0.4 is 10.6 Å². The van der Waals surface area contributed by atoms with Gasteiger partial charge in [-0.1, -0.05) is 12.1 Å². The minimum Gasteiger partial charge on any atom is -0.508 e. The topological polar surface area (TPSA) is 107 Å². The van der Waals surface area contributed by atoms with Crippen LogP contribution in [0.3, 0.4) is 0 Å². The number of aromatic hydroxyl groups is 1. The maximum absolute atomic E-state index is 14.4. The fourth-order valence-electron chi connectivity index (χ4n) is 4.85. The van der Waals surface area contributed by atoms with E-state index in [9.17, 15) is 27.9 Å². The molecule has 0 aliphatic rings. The molecule has 1 atom stereocenters. The number of phenolic OH excluding ortho intramolecular Hbond substituents is 1. The Bertz CT molecular complexity index is 1750. The van der Waals surface area contributed by atoms with Crippen molar-refractivity contribution in [2.75, 3.05) is 7.05 Å². The normalized spacial score (nSPS) is 11.8. The molecule has 5 aromatic rings. The molecule has 0 radical (unpaired) electrons. The molecule has 41 heavy (non-hydrogen) atoms. The Morgan fingerprint density at radius 3 is 2.54 bits per heavy atom. The molecule has 0 spiro atoms. The number of nitrogens with zero attached hydrogens (tertiary/aromatic N) is 1. The second kappa shape index (κ2) is 11.5. The van der Waals surface area contributed by atoms with Crippen molar-refractivity contribution < 1.29 is 27.9 Å². The van der Waals surface area contributed by atoms with Gasteiger partial charge in [-0.2, -0.15) is 0 Å². The molecule has 0 bridgehead atoms. The molecule has 5 rings (SSSR count). The number of hydrogen-bond donors (Lipinski definition) is 4. The number of carbonyl (C=O) groups is 2. The average molecular weight is 559 g/mol. The van der Waals surface area contributed by atoms with Gasteiger partial charge in [-0.05, 0) is 71.6 Å². The summed E-state index contributed by atoms with van der Waals surface area (Å²) in [7, 11) is 1.39. The Labute approximate surface area is 233 Å². The van der Waals surface area contributed by atoms with Crippen molar-refractivity contribution in [2.24, 2.45) is 0 Å². The summed E-state index contributed by atoms with van der Waals surface area (Å²) >= 11 is 0. The lowest BCUT2D eigenvalue weighted by molar-refractivity contribution is -0.121. The second-order valence-corrected chi connectivity index (χ2v) is 9.53. The van der Waals surface area contributed by atoms with Crippen LogP contribution in [0.4, 0.5) is 13.2 Å². The van der Waals surface area contributed by atoms with E-state index in [1.807, 2.05) is 0 Å². The molecule has 0 aliphatic heterocycles. The van der Waals surface area contributed by atoms with Crippen LogP contribution in [0.1, 0.15) is 33.2 Å². The van der Waals surface area contributed by atoms with Crippen molar-refractivity contribution >= 4 is 22.7 Å². The lowest BCUT2D eigenvalue weighted by Crippen LogP contribution is -2.32. The van der Waals surface area contributed by atoms with Crippen LogP contribution in [-0.2, 0) is 17.6 Å². The molecule has 10 heteroatoms. The van der Waals surface area contributed by atoms with Gasteiger partial charge in [0.1, 0.15) is 23.2 Å². The first-order valence-electron chi connectivity index (χ1n) is 12.7. The van der Waals surface area contributed by atoms with E-state index in [2.05, 4.69) is 20.6 Å². The summed E-state index contributed by atoms with van der Waals surface area (Å²) in [5.74, 6) is -3.20. The third-order valence-corrected chi connectivity index (χ3v) is 6.72. The van der Waals surface area contributed by atoms with E-state index in [1.165, 1.54) is 49.6 Å². The summed E-state index contributed by atoms with van der Waals surface area (Å²) in [5, 5.41) is 15.9. The van der Waals surface area contributed by atoms with E-state index in [4.69, 9.17) is 0 Å². The van der Waals surface area contributed by atoms with Gasteiger partial charge in [-0.15, -0.1) is 0 Å². The number of aromatic amines is 1. The molecule has 0 aliphatic carbocycles. The zero-order chi connectivity index (χ0) is 29.1. The van der Waals surface area contributed by atoms with Crippen LogP contribution in [0.2, 0.25) is 0 Å². The monoisotopic (exact) mass is 558 g/mol. The van der Waals surface area contributed by atoms with Gasteiger partial charge >= 0.3 is 0 Å². The Hall–Kier alpha value is -5.12. The molecule has 0 saturated heterocycles. The Balaban J connectivity index is 1.53.